The molecule has 3 nitrogen and oxygen atoms in total. The Bertz CT molecular complexity index is 582. The van der Waals surface area contributed by atoms with Gasteiger partial charge in [-0.05, 0) is 63.9 Å². The molecule has 1 heterocycles. The minimum Gasteiger partial charge on any atom is -0.320 e. The molecule has 0 aliphatic heterocycles. The minimum atomic E-state index is 0.811. The highest BCUT2D eigenvalue weighted by atomic mass is 14.9. The second-order valence-electron chi connectivity index (χ2n) is 5.60. The number of aromatic nitrogens is 2. The van der Waals surface area contributed by atoms with Gasteiger partial charge in [-0.2, -0.15) is 0 Å². The lowest BCUT2D eigenvalue weighted by Crippen LogP contribution is -2.11. The van der Waals surface area contributed by atoms with Crippen molar-refractivity contribution in [3.05, 3.63) is 58.2 Å². The first-order valence-electron chi connectivity index (χ1n) is 7.64. The van der Waals surface area contributed by atoms with E-state index in [-0.39, 0.29) is 0 Å². The second-order valence-corrected chi connectivity index (χ2v) is 5.60. The molecule has 0 spiro atoms. The summed E-state index contributed by atoms with van der Waals surface area (Å²) in [6, 6.07) is 8.45. The zero-order chi connectivity index (χ0) is 15.2. The highest BCUT2D eigenvalue weighted by Gasteiger charge is 2.09. The standard InChI is InChI=1S/C18H25N3/c1-13-8-5-6-9-16(13)12-18-20-14(2)17(15(3)21-18)10-7-11-19-4/h5-6,8-9,19H,7,10-12H2,1-4H3. The largest absolute Gasteiger partial charge is 0.320 e. The van der Waals surface area contributed by atoms with Crippen molar-refractivity contribution in [2.75, 3.05) is 13.6 Å². The Morgan fingerprint density at radius 2 is 1.67 bits per heavy atom. The molecule has 2 rings (SSSR count). The first kappa shape index (κ1) is 15.6. The fraction of sp³-hybridized carbons (Fsp3) is 0.444. The van der Waals surface area contributed by atoms with Crippen LogP contribution < -0.4 is 5.32 Å². The van der Waals surface area contributed by atoms with E-state index in [0.29, 0.717) is 0 Å². The van der Waals surface area contributed by atoms with Gasteiger partial charge in [0.15, 0.2) is 0 Å². The molecule has 1 N–H and O–H groups in total. The van der Waals surface area contributed by atoms with Gasteiger partial charge >= 0.3 is 0 Å². The summed E-state index contributed by atoms with van der Waals surface area (Å²) in [5.74, 6) is 0.927. The smallest absolute Gasteiger partial charge is 0.133 e. The summed E-state index contributed by atoms with van der Waals surface area (Å²) in [7, 11) is 1.99. The Labute approximate surface area is 127 Å². The second kappa shape index (κ2) is 7.32. The maximum absolute atomic E-state index is 4.72. The van der Waals surface area contributed by atoms with Crippen LogP contribution in [0.5, 0.6) is 0 Å². The number of nitrogens with zero attached hydrogens (tertiary/aromatic N) is 2. The Morgan fingerprint density at radius 3 is 2.29 bits per heavy atom. The van der Waals surface area contributed by atoms with Crippen LogP contribution in [-0.2, 0) is 12.8 Å². The predicted molar refractivity (Wildman–Crippen MR) is 87.7 cm³/mol. The highest BCUT2D eigenvalue weighted by Crippen LogP contribution is 2.16. The average molecular weight is 283 g/mol. The Balaban J connectivity index is 2.17. The van der Waals surface area contributed by atoms with Crippen molar-refractivity contribution in [3.8, 4) is 0 Å². The predicted octanol–water partition coefficient (Wildman–Crippen LogP) is 3.14. The van der Waals surface area contributed by atoms with Crippen molar-refractivity contribution in [1.29, 1.82) is 0 Å². The lowest BCUT2D eigenvalue weighted by molar-refractivity contribution is 0.712. The fourth-order valence-corrected chi connectivity index (χ4v) is 2.67. The van der Waals surface area contributed by atoms with Gasteiger partial charge < -0.3 is 5.32 Å². The van der Waals surface area contributed by atoms with Crippen LogP contribution in [0.15, 0.2) is 24.3 Å². The molecule has 1 aromatic heterocycles. The quantitative estimate of drug-likeness (QED) is 0.828. The van der Waals surface area contributed by atoms with E-state index in [4.69, 9.17) is 9.97 Å². The van der Waals surface area contributed by atoms with E-state index < -0.39 is 0 Å². The normalized spacial score (nSPS) is 10.9. The monoisotopic (exact) mass is 283 g/mol. The summed E-state index contributed by atoms with van der Waals surface area (Å²) in [4.78, 5) is 9.44. The summed E-state index contributed by atoms with van der Waals surface area (Å²) in [5, 5.41) is 3.19. The van der Waals surface area contributed by atoms with Gasteiger partial charge in [-0.1, -0.05) is 24.3 Å². The molecular formula is C18H25N3. The first-order valence-corrected chi connectivity index (χ1v) is 7.64. The number of hydrogen-bond donors (Lipinski definition) is 1. The summed E-state index contributed by atoms with van der Waals surface area (Å²) in [5.41, 5.74) is 6.16. The van der Waals surface area contributed by atoms with Gasteiger partial charge in [0.2, 0.25) is 0 Å². The number of rotatable bonds is 6. The first-order chi connectivity index (χ1) is 10.1. The zero-order valence-corrected chi connectivity index (χ0v) is 13.5. The summed E-state index contributed by atoms with van der Waals surface area (Å²) in [6.07, 6.45) is 2.98. The molecule has 0 amide bonds. The van der Waals surface area contributed by atoms with Gasteiger partial charge in [-0.15, -0.1) is 0 Å². The molecule has 2 aromatic rings. The molecule has 0 bridgehead atoms. The zero-order valence-electron chi connectivity index (χ0n) is 13.5. The van der Waals surface area contributed by atoms with Crippen molar-refractivity contribution < 1.29 is 0 Å². The van der Waals surface area contributed by atoms with E-state index in [1.54, 1.807) is 0 Å². The number of benzene rings is 1. The molecule has 0 atom stereocenters. The lowest BCUT2D eigenvalue weighted by Gasteiger charge is -2.11. The molecular weight excluding hydrogens is 258 g/mol. The molecule has 0 fully saturated rings. The van der Waals surface area contributed by atoms with Crippen molar-refractivity contribution in [3.63, 3.8) is 0 Å². The van der Waals surface area contributed by atoms with Gasteiger partial charge in [0.25, 0.3) is 0 Å². The summed E-state index contributed by atoms with van der Waals surface area (Å²) >= 11 is 0. The molecule has 112 valence electrons. The molecule has 0 saturated carbocycles. The topological polar surface area (TPSA) is 37.8 Å². The fourth-order valence-electron chi connectivity index (χ4n) is 2.67. The van der Waals surface area contributed by atoms with Crippen LogP contribution in [0.4, 0.5) is 0 Å². The summed E-state index contributed by atoms with van der Waals surface area (Å²) < 4.78 is 0. The maximum atomic E-state index is 4.72. The molecule has 0 unspecified atom stereocenters. The van der Waals surface area contributed by atoms with Crippen LogP contribution in [0.2, 0.25) is 0 Å². The Kier molecular flexibility index (Phi) is 5.45. The molecule has 0 aliphatic carbocycles. The van der Waals surface area contributed by atoms with Gasteiger partial charge in [0.1, 0.15) is 5.82 Å². The molecule has 3 heteroatoms. The number of nitrogens with one attached hydrogen (secondary N) is 1. The molecule has 0 radical (unpaired) electrons. The van der Waals surface area contributed by atoms with Crippen LogP contribution in [0, 0.1) is 20.8 Å². The molecule has 1 aromatic carbocycles. The van der Waals surface area contributed by atoms with Gasteiger partial charge in [0, 0.05) is 17.8 Å². The Hall–Kier alpha value is -1.74. The minimum absolute atomic E-state index is 0.811. The molecule has 0 saturated heterocycles. The Morgan fingerprint density at radius 1 is 1.00 bits per heavy atom. The average Bonchev–Trinajstić information content (AvgIpc) is 2.44. The van der Waals surface area contributed by atoms with Crippen LogP contribution in [0.3, 0.4) is 0 Å². The number of hydrogen-bond acceptors (Lipinski definition) is 3. The number of aryl methyl sites for hydroxylation is 3. The van der Waals surface area contributed by atoms with Gasteiger partial charge in [-0.3, -0.25) is 0 Å². The third-order valence-electron chi connectivity index (χ3n) is 3.93. The highest BCUT2D eigenvalue weighted by molar-refractivity contribution is 5.30. The third-order valence-corrected chi connectivity index (χ3v) is 3.93. The SMILES string of the molecule is CNCCCc1c(C)nc(Cc2ccccc2C)nc1C. The lowest BCUT2D eigenvalue weighted by atomic mass is 10.0. The molecule has 21 heavy (non-hydrogen) atoms. The van der Waals surface area contributed by atoms with E-state index >= 15 is 0 Å². The van der Waals surface area contributed by atoms with Crippen LogP contribution >= 0.6 is 0 Å². The van der Waals surface area contributed by atoms with Crippen molar-refractivity contribution >= 4 is 0 Å². The van der Waals surface area contributed by atoms with E-state index in [2.05, 4.69) is 50.4 Å². The van der Waals surface area contributed by atoms with Crippen LogP contribution in [-0.4, -0.2) is 23.6 Å². The van der Waals surface area contributed by atoms with Crippen LogP contribution in [0.25, 0.3) is 0 Å². The summed E-state index contributed by atoms with van der Waals surface area (Å²) in [6.45, 7) is 7.38. The van der Waals surface area contributed by atoms with E-state index in [0.717, 1.165) is 43.0 Å². The molecule has 0 aliphatic rings. The van der Waals surface area contributed by atoms with E-state index in [1.165, 1.54) is 16.7 Å². The van der Waals surface area contributed by atoms with Crippen molar-refractivity contribution in [2.45, 2.75) is 40.0 Å². The van der Waals surface area contributed by atoms with Crippen LogP contribution in [0.1, 0.15) is 40.3 Å². The van der Waals surface area contributed by atoms with E-state index in [1.807, 2.05) is 7.05 Å². The van der Waals surface area contributed by atoms with Gasteiger partial charge in [0.05, 0.1) is 0 Å². The van der Waals surface area contributed by atoms with Crippen molar-refractivity contribution in [1.82, 2.24) is 15.3 Å². The third kappa shape index (κ3) is 4.11. The van der Waals surface area contributed by atoms with Gasteiger partial charge in [-0.25, -0.2) is 9.97 Å². The van der Waals surface area contributed by atoms with E-state index in [9.17, 15) is 0 Å². The maximum Gasteiger partial charge on any atom is 0.133 e. The van der Waals surface area contributed by atoms with Crippen molar-refractivity contribution in [2.24, 2.45) is 0 Å².